The van der Waals surface area contributed by atoms with Crippen LogP contribution >= 0.6 is 0 Å². The maximum Gasteiger partial charge on any atom is -0.00248 e. The fraction of sp³-hybridized carbons (Fsp3) is 1.00. The third-order valence-corrected chi connectivity index (χ3v) is 7.71. The first-order valence-corrected chi connectivity index (χ1v) is 16.4. The van der Waals surface area contributed by atoms with Crippen molar-refractivity contribution in [2.75, 3.05) is 20.6 Å². The summed E-state index contributed by atoms with van der Waals surface area (Å²) in [6.07, 6.45) is 42.8. The molecule has 34 heavy (non-hydrogen) atoms. The Morgan fingerprint density at radius 3 is 0.618 bits per heavy atom. The van der Waals surface area contributed by atoms with Crippen LogP contribution in [0.5, 0.6) is 0 Å². The van der Waals surface area contributed by atoms with Crippen molar-refractivity contribution >= 4 is 0 Å². The second-order valence-corrected chi connectivity index (χ2v) is 11.7. The molecule has 0 saturated carbocycles. The Hall–Kier alpha value is -0.0400. The lowest BCUT2D eigenvalue weighted by Gasteiger charge is -2.08. The van der Waals surface area contributed by atoms with E-state index in [1.165, 1.54) is 193 Å². The fourth-order valence-electron chi connectivity index (χ4n) is 5.27. The predicted molar refractivity (Wildman–Crippen MR) is 158 cm³/mol. The van der Waals surface area contributed by atoms with Gasteiger partial charge in [-0.2, -0.15) is 0 Å². The molecule has 0 heterocycles. The zero-order chi connectivity index (χ0) is 24.8. The number of nitrogens with zero attached hydrogens (tertiary/aromatic N) is 1. The molecular weight excluding hydrogens is 410 g/mol. The smallest absolute Gasteiger partial charge is 0.00248 e. The number of hydrogen-bond donors (Lipinski definition) is 0. The van der Waals surface area contributed by atoms with Crippen LogP contribution in [0.2, 0.25) is 0 Å². The molecule has 0 aliphatic carbocycles. The summed E-state index contributed by atoms with van der Waals surface area (Å²) in [5.74, 6) is 0. The Balaban J connectivity index is 3.00. The van der Waals surface area contributed by atoms with Crippen LogP contribution in [0.25, 0.3) is 0 Å². The molecule has 0 amide bonds. The molecule has 0 unspecified atom stereocenters. The van der Waals surface area contributed by atoms with Gasteiger partial charge in [0, 0.05) is 0 Å². The Morgan fingerprint density at radius 2 is 0.441 bits per heavy atom. The Morgan fingerprint density at radius 1 is 0.265 bits per heavy atom. The standard InChI is InChI=1S/C33H69N/c1-4-5-6-7-8-9-10-11-12-13-14-15-16-17-18-19-20-21-22-23-24-25-26-27-28-29-30-31-32-33-34(2)3/h4-33H2,1-3H3. The van der Waals surface area contributed by atoms with Gasteiger partial charge in [-0.15, -0.1) is 0 Å². The highest BCUT2D eigenvalue weighted by atomic mass is 15.0. The van der Waals surface area contributed by atoms with E-state index in [0.717, 1.165) is 0 Å². The van der Waals surface area contributed by atoms with Gasteiger partial charge in [-0.25, -0.2) is 0 Å². The molecular formula is C33H69N. The van der Waals surface area contributed by atoms with E-state index in [4.69, 9.17) is 0 Å². The van der Waals surface area contributed by atoms with Crippen LogP contribution < -0.4 is 0 Å². The third-order valence-electron chi connectivity index (χ3n) is 7.71. The van der Waals surface area contributed by atoms with Crippen molar-refractivity contribution in [1.29, 1.82) is 0 Å². The van der Waals surface area contributed by atoms with Gasteiger partial charge in [0.2, 0.25) is 0 Å². The van der Waals surface area contributed by atoms with Crippen LogP contribution in [0, 0.1) is 0 Å². The largest absolute Gasteiger partial charge is 0.309 e. The first-order valence-electron chi connectivity index (χ1n) is 16.4. The van der Waals surface area contributed by atoms with Crippen molar-refractivity contribution in [3.05, 3.63) is 0 Å². The maximum absolute atomic E-state index is 2.31. The van der Waals surface area contributed by atoms with Crippen molar-refractivity contribution in [3.63, 3.8) is 0 Å². The topological polar surface area (TPSA) is 3.24 Å². The molecule has 0 radical (unpaired) electrons. The van der Waals surface area contributed by atoms with Crippen molar-refractivity contribution in [2.45, 2.75) is 193 Å². The summed E-state index contributed by atoms with van der Waals surface area (Å²) in [7, 11) is 4.36. The van der Waals surface area contributed by atoms with E-state index in [0.29, 0.717) is 0 Å². The molecule has 0 aromatic heterocycles. The van der Waals surface area contributed by atoms with Gasteiger partial charge in [-0.1, -0.05) is 187 Å². The number of hydrogen-bond acceptors (Lipinski definition) is 1. The molecule has 0 spiro atoms. The summed E-state index contributed by atoms with van der Waals surface area (Å²) in [5, 5.41) is 0. The van der Waals surface area contributed by atoms with E-state index in [9.17, 15) is 0 Å². The van der Waals surface area contributed by atoms with E-state index in [1.54, 1.807) is 0 Å². The molecule has 0 rings (SSSR count). The summed E-state index contributed by atoms with van der Waals surface area (Å²) >= 11 is 0. The quantitative estimate of drug-likeness (QED) is 0.0925. The molecule has 0 aliphatic heterocycles. The normalized spacial score (nSPS) is 11.6. The second kappa shape index (κ2) is 31.0. The SMILES string of the molecule is CCCCCCCCCCCCCCCCCCCCCCCCCCCCCCCN(C)C. The highest BCUT2D eigenvalue weighted by Crippen LogP contribution is 2.16. The van der Waals surface area contributed by atoms with Crippen molar-refractivity contribution < 1.29 is 0 Å². The van der Waals surface area contributed by atoms with Crippen LogP contribution in [0.1, 0.15) is 193 Å². The highest BCUT2D eigenvalue weighted by Gasteiger charge is 1.97. The second-order valence-electron chi connectivity index (χ2n) is 11.7. The molecule has 0 atom stereocenters. The lowest BCUT2D eigenvalue weighted by atomic mass is 10.0. The zero-order valence-corrected chi connectivity index (χ0v) is 24.7. The summed E-state index contributed by atoms with van der Waals surface area (Å²) in [5.41, 5.74) is 0. The van der Waals surface area contributed by atoms with E-state index >= 15 is 0 Å². The van der Waals surface area contributed by atoms with E-state index in [2.05, 4.69) is 25.9 Å². The van der Waals surface area contributed by atoms with Crippen molar-refractivity contribution in [3.8, 4) is 0 Å². The predicted octanol–water partition coefficient (Wildman–Crippen LogP) is 11.9. The zero-order valence-electron chi connectivity index (χ0n) is 24.7. The van der Waals surface area contributed by atoms with E-state index in [1.807, 2.05) is 0 Å². The van der Waals surface area contributed by atoms with Crippen LogP contribution in [0.3, 0.4) is 0 Å². The molecule has 1 nitrogen and oxygen atoms in total. The average Bonchev–Trinajstić information content (AvgIpc) is 2.83. The molecule has 0 aromatic rings. The van der Waals surface area contributed by atoms with Gasteiger partial charge in [-0.3, -0.25) is 0 Å². The molecule has 0 fully saturated rings. The van der Waals surface area contributed by atoms with E-state index in [-0.39, 0.29) is 0 Å². The highest BCUT2D eigenvalue weighted by molar-refractivity contribution is 4.52. The van der Waals surface area contributed by atoms with Gasteiger partial charge >= 0.3 is 0 Å². The average molecular weight is 480 g/mol. The van der Waals surface area contributed by atoms with Gasteiger partial charge < -0.3 is 4.90 Å². The minimum atomic E-state index is 1.26. The Kier molecular flexibility index (Phi) is 31.0. The van der Waals surface area contributed by atoms with Crippen LogP contribution in [0.4, 0.5) is 0 Å². The van der Waals surface area contributed by atoms with Gasteiger partial charge in [-0.05, 0) is 27.1 Å². The summed E-state index contributed by atoms with van der Waals surface area (Å²) in [6.45, 7) is 3.57. The minimum absolute atomic E-state index is 1.26. The molecule has 1 heteroatoms. The summed E-state index contributed by atoms with van der Waals surface area (Å²) in [4.78, 5) is 2.31. The maximum atomic E-state index is 2.31. The summed E-state index contributed by atoms with van der Waals surface area (Å²) in [6, 6.07) is 0. The van der Waals surface area contributed by atoms with Gasteiger partial charge in [0.1, 0.15) is 0 Å². The molecule has 0 aliphatic rings. The van der Waals surface area contributed by atoms with Gasteiger partial charge in [0.05, 0.1) is 0 Å². The van der Waals surface area contributed by atoms with Crippen molar-refractivity contribution in [2.24, 2.45) is 0 Å². The third kappa shape index (κ3) is 32.0. The monoisotopic (exact) mass is 480 g/mol. The first kappa shape index (κ1) is 34.0. The minimum Gasteiger partial charge on any atom is -0.309 e. The van der Waals surface area contributed by atoms with Crippen LogP contribution in [-0.4, -0.2) is 25.5 Å². The molecule has 0 aromatic carbocycles. The summed E-state index contributed by atoms with van der Waals surface area (Å²) < 4.78 is 0. The van der Waals surface area contributed by atoms with Crippen LogP contribution in [0.15, 0.2) is 0 Å². The molecule has 0 N–H and O–H groups in total. The van der Waals surface area contributed by atoms with Crippen molar-refractivity contribution in [1.82, 2.24) is 4.90 Å². The first-order chi connectivity index (χ1) is 16.8. The van der Waals surface area contributed by atoms with Gasteiger partial charge in [0.25, 0.3) is 0 Å². The number of unbranched alkanes of at least 4 members (excludes halogenated alkanes) is 28. The molecule has 206 valence electrons. The van der Waals surface area contributed by atoms with Crippen LogP contribution in [-0.2, 0) is 0 Å². The lowest BCUT2D eigenvalue weighted by Crippen LogP contribution is -2.12. The van der Waals surface area contributed by atoms with Gasteiger partial charge in [0.15, 0.2) is 0 Å². The number of rotatable bonds is 30. The van der Waals surface area contributed by atoms with E-state index < -0.39 is 0 Å². The Bertz CT molecular complexity index is 337. The fourth-order valence-corrected chi connectivity index (χ4v) is 5.27. The Labute approximate surface area is 218 Å². The molecule has 0 bridgehead atoms. The lowest BCUT2D eigenvalue weighted by molar-refractivity contribution is 0.389. The molecule has 0 saturated heterocycles.